The van der Waals surface area contributed by atoms with Crippen molar-refractivity contribution in [2.75, 3.05) is 6.54 Å². The summed E-state index contributed by atoms with van der Waals surface area (Å²) in [6.07, 6.45) is -4.78. The highest BCUT2D eigenvalue weighted by Gasteiger charge is 2.30. The molecule has 2 aromatic rings. The van der Waals surface area contributed by atoms with Crippen LogP contribution >= 0.6 is 11.3 Å². The lowest BCUT2D eigenvalue weighted by Gasteiger charge is -2.14. The number of thiophene rings is 1. The Morgan fingerprint density at radius 1 is 1.30 bits per heavy atom. The van der Waals surface area contributed by atoms with Gasteiger partial charge in [-0.2, -0.15) is 24.5 Å². The fourth-order valence-corrected chi connectivity index (χ4v) is 2.73. The van der Waals surface area contributed by atoms with Crippen molar-refractivity contribution in [2.45, 2.75) is 25.1 Å². The lowest BCUT2D eigenvalue weighted by atomic mass is 10.1. The third-order valence-corrected chi connectivity index (χ3v) is 4.04. The maximum Gasteiger partial charge on any atom is 0.416 e. The molecule has 0 bridgehead atoms. The van der Waals surface area contributed by atoms with Gasteiger partial charge in [0.1, 0.15) is 0 Å². The van der Waals surface area contributed by atoms with Crippen molar-refractivity contribution in [3.8, 4) is 0 Å². The Labute approximate surface area is 135 Å². The molecule has 124 valence electrons. The van der Waals surface area contributed by atoms with Gasteiger partial charge in [0.2, 0.25) is 5.91 Å². The van der Waals surface area contributed by atoms with Crippen LogP contribution in [0.4, 0.5) is 13.2 Å². The van der Waals surface area contributed by atoms with E-state index >= 15 is 0 Å². The molecule has 7 heteroatoms. The topological polar surface area (TPSA) is 49.3 Å². The summed E-state index contributed by atoms with van der Waals surface area (Å²) in [7, 11) is 0. The Bertz CT molecular complexity index is 641. The van der Waals surface area contributed by atoms with Crippen LogP contribution in [0.25, 0.3) is 0 Å². The molecule has 1 amide bonds. The molecule has 0 fully saturated rings. The number of nitrogens with one attached hydrogen (secondary N) is 1. The van der Waals surface area contributed by atoms with E-state index in [4.69, 9.17) is 0 Å². The van der Waals surface area contributed by atoms with Crippen LogP contribution in [0.5, 0.6) is 0 Å². The second kappa shape index (κ2) is 7.61. The lowest BCUT2D eigenvalue weighted by Crippen LogP contribution is -2.28. The molecule has 0 radical (unpaired) electrons. The minimum Gasteiger partial charge on any atom is -0.387 e. The molecule has 23 heavy (non-hydrogen) atoms. The molecule has 1 heterocycles. The molecule has 1 unspecified atom stereocenters. The molecule has 0 aliphatic heterocycles. The molecule has 0 aliphatic carbocycles. The van der Waals surface area contributed by atoms with Crippen molar-refractivity contribution in [3.63, 3.8) is 0 Å². The van der Waals surface area contributed by atoms with E-state index in [1.165, 1.54) is 12.1 Å². The highest BCUT2D eigenvalue weighted by Crippen LogP contribution is 2.30. The lowest BCUT2D eigenvalue weighted by molar-refractivity contribution is -0.137. The van der Waals surface area contributed by atoms with Crippen LogP contribution in [-0.2, 0) is 17.4 Å². The van der Waals surface area contributed by atoms with Crippen LogP contribution in [0.15, 0.2) is 41.1 Å². The zero-order valence-corrected chi connectivity index (χ0v) is 13.0. The number of aryl methyl sites for hydroxylation is 1. The van der Waals surface area contributed by atoms with E-state index in [9.17, 15) is 23.1 Å². The second-order valence-electron chi connectivity index (χ2n) is 5.07. The molecule has 0 saturated carbocycles. The molecule has 1 aromatic carbocycles. The SMILES string of the molecule is O=C(CCc1ccsc1)NCC(O)c1cccc(C(F)(F)F)c1. The summed E-state index contributed by atoms with van der Waals surface area (Å²) in [5, 5.41) is 16.3. The van der Waals surface area contributed by atoms with Gasteiger partial charge in [-0.3, -0.25) is 4.79 Å². The number of aliphatic hydroxyl groups is 1. The summed E-state index contributed by atoms with van der Waals surface area (Å²) in [4.78, 5) is 11.7. The molecule has 1 atom stereocenters. The minimum absolute atomic E-state index is 0.121. The summed E-state index contributed by atoms with van der Waals surface area (Å²) < 4.78 is 37.9. The Morgan fingerprint density at radius 2 is 2.09 bits per heavy atom. The number of halogens is 3. The number of carbonyl (C=O) groups excluding carboxylic acids is 1. The van der Waals surface area contributed by atoms with Crippen LogP contribution in [0.1, 0.15) is 29.2 Å². The number of rotatable bonds is 6. The third-order valence-electron chi connectivity index (χ3n) is 3.31. The van der Waals surface area contributed by atoms with E-state index in [0.29, 0.717) is 6.42 Å². The number of hydrogen-bond donors (Lipinski definition) is 2. The Kier molecular flexibility index (Phi) is 5.79. The van der Waals surface area contributed by atoms with Gasteiger partial charge in [-0.25, -0.2) is 0 Å². The second-order valence-corrected chi connectivity index (χ2v) is 5.85. The van der Waals surface area contributed by atoms with Crippen molar-refractivity contribution in [2.24, 2.45) is 0 Å². The van der Waals surface area contributed by atoms with Crippen molar-refractivity contribution in [1.29, 1.82) is 0 Å². The predicted octanol–water partition coefficient (Wildman–Crippen LogP) is 3.55. The fraction of sp³-hybridized carbons (Fsp3) is 0.312. The molecule has 0 spiro atoms. The zero-order valence-electron chi connectivity index (χ0n) is 12.1. The summed E-state index contributed by atoms with van der Waals surface area (Å²) in [6.45, 7) is -0.121. The number of carbonyl (C=O) groups is 1. The van der Waals surface area contributed by atoms with Crippen LogP contribution in [0.3, 0.4) is 0 Å². The average Bonchev–Trinajstić information content (AvgIpc) is 3.03. The third kappa shape index (κ3) is 5.37. The van der Waals surface area contributed by atoms with Gasteiger partial charge in [0.25, 0.3) is 0 Å². The van der Waals surface area contributed by atoms with Gasteiger partial charge >= 0.3 is 6.18 Å². The van der Waals surface area contributed by atoms with Crippen molar-refractivity contribution >= 4 is 17.2 Å². The van der Waals surface area contributed by atoms with E-state index in [1.54, 1.807) is 11.3 Å². The number of amides is 1. The Morgan fingerprint density at radius 3 is 2.74 bits per heavy atom. The van der Waals surface area contributed by atoms with Crippen LogP contribution in [0, 0.1) is 0 Å². The highest BCUT2D eigenvalue weighted by atomic mass is 32.1. The largest absolute Gasteiger partial charge is 0.416 e. The zero-order chi connectivity index (χ0) is 16.9. The molecule has 3 nitrogen and oxygen atoms in total. The van der Waals surface area contributed by atoms with Gasteiger partial charge in [-0.05, 0) is 46.5 Å². The normalized spacial score (nSPS) is 12.9. The Balaban J connectivity index is 1.84. The molecule has 0 aliphatic rings. The first-order chi connectivity index (χ1) is 10.9. The van der Waals surface area contributed by atoms with E-state index in [-0.39, 0.29) is 24.4 Å². The van der Waals surface area contributed by atoms with E-state index < -0.39 is 17.8 Å². The monoisotopic (exact) mass is 343 g/mol. The van der Waals surface area contributed by atoms with Crippen molar-refractivity contribution in [1.82, 2.24) is 5.32 Å². The minimum atomic E-state index is -4.46. The van der Waals surface area contributed by atoms with Crippen LogP contribution in [0.2, 0.25) is 0 Å². The van der Waals surface area contributed by atoms with Crippen LogP contribution in [-0.4, -0.2) is 17.6 Å². The molecule has 1 aromatic heterocycles. The maximum atomic E-state index is 12.6. The molecule has 2 N–H and O–H groups in total. The highest BCUT2D eigenvalue weighted by molar-refractivity contribution is 7.07. The molecular weight excluding hydrogens is 327 g/mol. The molecule has 2 rings (SSSR count). The first-order valence-electron chi connectivity index (χ1n) is 6.99. The number of hydrogen-bond acceptors (Lipinski definition) is 3. The fourth-order valence-electron chi connectivity index (χ4n) is 2.03. The Hall–Kier alpha value is -1.86. The van der Waals surface area contributed by atoms with Gasteiger partial charge in [0.05, 0.1) is 11.7 Å². The van der Waals surface area contributed by atoms with Crippen molar-refractivity contribution < 1.29 is 23.1 Å². The average molecular weight is 343 g/mol. The first kappa shape index (κ1) is 17.5. The summed E-state index contributed by atoms with van der Waals surface area (Å²) in [5.74, 6) is -0.248. The first-order valence-corrected chi connectivity index (χ1v) is 7.93. The number of aliphatic hydroxyl groups excluding tert-OH is 1. The number of benzene rings is 1. The van der Waals surface area contributed by atoms with Gasteiger partial charge in [0.15, 0.2) is 0 Å². The van der Waals surface area contributed by atoms with Gasteiger partial charge in [-0.15, -0.1) is 0 Å². The van der Waals surface area contributed by atoms with Crippen LogP contribution < -0.4 is 5.32 Å². The van der Waals surface area contributed by atoms with Gasteiger partial charge in [-0.1, -0.05) is 12.1 Å². The van der Waals surface area contributed by atoms with Gasteiger partial charge in [0, 0.05) is 13.0 Å². The summed E-state index contributed by atoms with van der Waals surface area (Å²) >= 11 is 1.55. The number of alkyl halides is 3. The van der Waals surface area contributed by atoms with Crippen molar-refractivity contribution in [3.05, 3.63) is 57.8 Å². The summed E-state index contributed by atoms with van der Waals surface area (Å²) in [6, 6.07) is 6.39. The predicted molar refractivity (Wildman–Crippen MR) is 82.1 cm³/mol. The maximum absolute atomic E-state index is 12.6. The van der Waals surface area contributed by atoms with E-state index in [1.807, 2.05) is 16.8 Å². The molecule has 0 saturated heterocycles. The standard InChI is InChI=1S/C16H16F3NO2S/c17-16(18,19)13-3-1-2-12(8-13)14(21)9-20-15(22)5-4-11-6-7-23-10-11/h1-3,6-8,10,14,21H,4-5,9H2,(H,20,22). The van der Waals surface area contributed by atoms with E-state index in [2.05, 4.69) is 5.32 Å². The smallest absolute Gasteiger partial charge is 0.387 e. The van der Waals surface area contributed by atoms with Gasteiger partial charge < -0.3 is 10.4 Å². The van der Waals surface area contributed by atoms with E-state index in [0.717, 1.165) is 17.7 Å². The molecular formula is C16H16F3NO2S. The quantitative estimate of drug-likeness (QED) is 0.843. The summed E-state index contributed by atoms with van der Waals surface area (Å²) in [5.41, 5.74) is 0.361.